The van der Waals surface area contributed by atoms with E-state index in [0.717, 1.165) is 18.4 Å². The van der Waals surface area contributed by atoms with Gasteiger partial charge in [-0.05, 0) is 24.5 Å². The fourth-order valence-corrected chi connectivity index (χ4v) is 2.70. The molecule has 0 saturated carbocycles. The van der Waals surface area contributed by atoms with Crippen molar-refractivity contribution in [3.8, 4) is 0 Å². The number of ether oxygens (including phenoxy) is 1. The topological polar surface area (TPSA) is 50.4 Å². The third-order valence-electron chi connectivity index (χ3n) is 3.76. The molecule has 0 saturated heterocycles. The molecule has 0 unspecified atom stereocenters. The Morgan fingerprint density at radius 1 is 1.08 bits per heavy atom. The van der Waals surface area contributed by atoms with Crippen LogP contribution in [0.3, 0.4) is 0 Å². The number of halogens is 1. The number of rotatable bonds is 8. The molecule has 128 valence electrons. The third-order valence-corrected chi connectivity index (χ3v) is 4.10. The van der Waals surface area contributed by atoms with Gasteiger partial charge >= 0.3 is 6.03 Å². The first-order valence-electron chi connectivity index (χ1n) is 8.03. The number of hydrogen-bond donors (Lipinski definition) is 2. The maximum Gasteiger partial charge on any atom is 0.314 e. The first-order valence-corrected chi connectivity index (χ1v) is 8.41. The van der Waals surface area contributed by atoms with Crippen molar-refractivity contribution in [2.45, 2.75) is 18.9 Å². The Bertz CT molecular complexity index is 634. The molecule has 0 aromatic heterocycles. The average Bonchev–Trinajstić information content (AvgIpc) is 2.61. The highest BCUT2D eigenvalue weighted by Gasteiger charge is 2.14. The maximum atomic E-state index is 11.9. The summed E-state index contributed by atoms with van der Waals surface area (Å²) in [7, 11) is 1.60. The summed E-state index contributed by atoms with van der Waals surface area (Å²) in [6.07, 6.45) is 1.57. The fourth-order valence-electron chi connectivity index (χ4n) is 2.44. The van der Waals surface area contributed by atoms with Crippen molar-refractivity contribution >= 4 is 17.6 Å². The van der Waals surface area contributed by atoms with E-state index >= 15 is 0 Å². The van der Waals surface area contributed by atoms with E-state index in [1.807, 2.05) is 42.5 Å². The lowest BCUT2D eigenvalue weighted by Crippen LogP contribution is -2.38. The second kappa shape index (κ2) is 9.96. The van der Waals surface area contributed by atoms with Crippen LogP contribution in [-0.2, 0) is 11.2 Å². The lowest BCUT2D eigenvalue weighted by Gasteiger charge is -2.18. The summed E-state index contributed by atoms with van der Waals surface area (Å²) in [6, 6.07) is 17.5. The summed E-state index contributed by atoms with van der Waals surface area (Å²) in [5.74, 6) is 0. The maximum absolute atomic E-state index is 11.9. The van der Waals surface area contributed by atoms with Crippen molar-refractivity contribution in [2.24, 2.45) is 0 Å². The van der Waals surface area contributed by atoms with Crippen molar-refractivity contribution in [3.05, 3.63) is 70.7 Å². The lowest BCUT2D eigenvalue weighted by molar-refractivity contribution is 0.104. The van der Waals surface area contributed by atoms with Gasteiger partial charge in [-0.3, -0.25) is 0 Å². The SMILES string of the molecule is CO[C@@H](CNC(=O)NCCCc1ccccc1)c1ccccc1Cl. The summed E-state index contributed by atoms with van der Waals surface area (Å²) >= 11 is 6.17. The second-order valence-corrected chi connectivity index (χ2v) is 5.88. The number of carbonyl (C=O) groups is 1. The third kappa shape index (κ3) is 5.87. The minimum absolute atomic E-state index is 0.197. The number of hydrogen-bond acceptors (Lipinski definition) is 2. The number of amides is 2. The predicted octanol–water partition coefficient (Wildman–Crippen LogP) is 3.96. The van der Waals surface area contributed by atoms with E-state index < -0.39 is 0 Å². The van der Waals surface area contributed by atoms with Crippen LogP contribution in [0, 0.1) is 0 Å². The molecule has 0 fully saturated rings. The van der Waals surface area contributed by atoms with Gasteiger partial charge in [-0.1, -0.05) is 60.1 Å². The summed E-state index contributed by atoms with van der Waals surface area (Å²) < 4.78 is 5.42. The van der Waals surface area contributed by atoms with E-state index in [2.05, 4.69) is 22.8 Å². The molecule has 0 heterocycles. The highest BCUT2D eigenvalue weighted by Crippen LogP contribution is 2.24. The van der Waals surface area contributed by atoms with Crippen LogP contribution in [0.15, 0.2) is 54.6 Å². The molecule has 5 heteroatoms. The first kappa shape index (κ1) is 18.3. The molecule has 1 atom stereocenters. The summed E-state index contributed by atoms with van der Waals surface area (Å²) in [5, 5.41) is 6.32. The van der Waals surface area contributed by atoms with Crippen LogP contribution in [0.1, 0.15) is 23.7 Å². The number of nitrogens with one attached hydrogen (secondary N) is 2. The molecule has 0 aliphatic rings. The highest BCUT2D eigenvalue weighted by molar-refractivity contribution is 6.31. The van der Waals surface area contributed by atoms with Gasteiger partial charge in [0.1, 0.15) is 6.10 Å². The number of methoxy groups -OCH3 is 1. The minimum Gasteiger partial charge on any atom is -0.375 e. The van der Waals surface area contributed by atoms with Crippen LogP contribution in [-0.4, -0.2) is 26.2 Å². The van der Waals surface area contributed by atoms with Gasteiger partial charge in [0.05, 0.1) is 0 Å². The Labute approximate surface area is 148 Å². The van der Waals surface area contributed by atoms with Crippen LogP contribution in [0.2, 0.25) is 5.02 Å². The predicted molar refractivity (Wildman–Crippen MR) is 97.4 cm³/mol. The van der Waals surface area contributed by atoms with E-state index in [4.69, 9.17) is 16.3 Å². The Kier molecular flexibility index (Phi) is 7.59. The average molecular weight is 347 g/mol. The molecule has 2 rings (SSSR count). The van der Waals surface area contributed by atoms with Crippen molar-refractivity contribution in [1.29, 1.82) is 0 Å². The summed E-state index contributed by atoms with van der Waals surface area (Å²) in [6.45, 7) is 0.995. The molecule has 0 aliphatic heterocycles. The molecular weight excluding hydrogens is 324 g/mol. The highest BCUT2D eigenvalue weighted by atomic mass is 35.5. The van der Waals surface area contributed by atoms with E-state index in [-0.39, 0.29) is 12.1 Å². The van der Waals surface area contributed by atoms with Crippen molar-refractivity contribution in [2.75, 3.05) is 20.2 Å². The van der Waals surface area contributed by atoms with Gasteiger partial charge in [-0.2, -0.15) is 0 Å². The van der Waals surface area contributed by atoms with Gasteiger partial charge in [0.25, 0.3) is 0 Å². The molecule has 24 heavy (non-hydrogen) atoms. The van der Waals surface area contributed by atoms with Gasteiger partial charge in [0.2, 0.25) is 0 Å². The van der Waals surface area contributed by atoms with Crippen LogP contribution in [0.4, 0.5) is 4.79 Å². The minimum atomic E-state index is -0.270. The Balaban J connectivity index is 1.69. The zero-order valence-electron chi connectivity index (χ0n) is 13.8. The molecule has 2 aromatic rings. The molecule has 0 bridgehead atoms. The van der Waals surface area contributed by atoms with Crippen molar-refractivity contribution in [1.82, 2.24) is 10.6 Å². The van der Waals surface area contributed by atoms with Gasteiger partial charge in [0, 0.05) is 30.8 Å². The molecule has 0 spiro atoms. The van der Waals surface area contributed by atoms with Crippen LogP contribution in [0.25, 0.3) is 0 Å². The Morgan fingerprint density at radius 2 is 1.79 bits per heavy atom. The number of aryl methyl sites for hydroxylation is 1. The summed E-state index contributed by atoms with van der Waals surface area (Å²) in [5.41, 5.74) is 2.14. The zero-order valence-corrected chi connectivity index (χ0v) is 14.6. The molecule has 4 nitrogen and oxygen atoms in total. The van der Waals surface area contributed by atoms with Gasteiger partial charge < -0.3 is 15.4 Å². The molecule has 0 radical (unpaired) electrons. The quantitative estimate of drug-likeness (QED) is 0.711. The normalized spacial score (nSPS) is 11.8. The van der Waals surface area contributed by atoms with Gasteiger partial charge in [0.15, 0.2) is 0 Å². The van der Waals surface area contributed by atoms with Gasteiger partial charge in [-0.15, -0.1) is 0 Å². The number of urea groups is 1. The molecule has 2 aromatic carbocycles. The first-order chi connectivity index (χ1) is 11.7. The fraction of sp³-hybridized carbons (Fsp3) is 0.316. The van der Waals surface area contributed by atoms with Crippen LogP contribution in [0.5, 0.6) is 0 Å². The second-order valence-electron chi connectivity index (χ2n) is 5.47. The van der Waals surface area contributed by atoms with E-state index in [0.29, 0.717) is 18.1 Å². The van der Waals surface area contributed by atoms with E-state index in [1.165, 1.54) is 5.56 Å². The van der Waals surface area contributed by atoms with Crippen molar-refractivity contribution < 1.29 is 9.53 Å². The van der Waals surface area contributed by atoms with Crippen LogP contribution < -0.4 is 10.6 Å². The van der Waals surface area contributed by atoms with Gasteiger partial charge in [-0.25, -0.2) is 4.79 Å². The lowest BCUT2D eigenvalue weighted by atomic mass is 10.1. The number of benzene rings is 2. The largest absolute Gasteiger partial charge is 0.375 e. The molecule has 0 aliphatic carbocycles. The van der Waals surface area contributed by atoms with E-state index in [9.17, 15) is 4.79 Å². The monoisotopic (exact) mass is 346 g/mol. The Hall–Kier alpha value is -2.04. The zero-order chi connectivity index (χ0) is 17.2. The molecule has 2 N–H and O–H groups in total. The standard InChI is InChI=1S/C19H23ClN2O2/c1-24-18(16-11-5-6-12-17(16)20)14-22-19(23)21-13-7-10-15-8-3-2-4-9-15/h2-6,8-9,11-12,18H,7,10,13-14H2,1H3,(H2,21,22,23)/t18-/m0/s1. The molecule has 2 amide bonds. The molecular formula is C19H23ClN2O2. The van der Waals surface area contributed by atoms with Crippen molar-refractivity contribution in [3.63, 3.8) is 0 Å². The smallest absolute Gasteiger partial charge is 0.314 e. The number of carbonyl (C=O) groups excluding carboxylic acids is 1. The van der Waals surface area contributed by atoms with Crippen LogP contribution >= 0.6 is 11.6 Å². The van der Waals surface area contributed by atoms with E-state index in [1.54, 1.807) is 7.11 Å². The Morgan fingerprint density at radius 3 is 2.50 bits per heavy atom. The summed E-state index contributed by atoms with van der Waals surface area (Å²) in [4.78, 5) is 11.9.